The van der Waals surface area contributed by atoms with Crippen LogP contribution in [-0.4, -0.2) is 5.84 Å². The first-order valence-corrected chi connectivity index (χ1v) is 7.20. The van der Waals surface area contributed by atoms with Gasteiger partial charge in [0.1, 0.15) is 5.84 Å². The maximum atomic E-state index is 7.33. The second-order valence-corrected chi connectivity index (χ2v) is 6.07. The van der Waals surface area contributed by atoms with Crippen molar-refractivity contribution in [3.8, 4) is 0 Å². The van der Waals surface area contributed by atoms with Crippen molar-refractivity contribution in [1.82, 2.24) is 0 Å². The highest BCUT2D eigenvalue weighted by Crippen LogP contribution is 2.29. The third-order valence-electron chi connectivity index (χ3n) is 2.23. The Labute approximate surface area is 113 Å². The first-order chi connectivity index (χ1) is 8.16. The summed E-state index contributed by atoms with van der Waals surface area (Å²) in [5.41, 5.74) is 7.14. The molecule has 3 N–H and O–H groups in total. The minimum absolute atomic E-state index is 0.0457. The molecular formula is C12H11ClN2S2. The van der Waals surface area contributed by atoms with Crippen molar-refractivity contribution in [3.63, 3.8) is 0 Å². The average molecular weight is 283 g/mol. The Morgan fingerprint density at radius 1 is 1.41 bits per heavy atom. The zero-order chi connectivity index (χ0) is 12.3. The first kappa shape index (κ1) is 12.5. The third kappa shape index (κ3) is 3.25. The molecule has 17 heavy (non-hydrogen) atoms. The number of rotatable bonds is 4. The molecule has 88 valence electrons. The molecule has 0 aliphatic carbocycles. The quantitative estimate of drug-likeness (QED) is 0.506. The second kappa shape index (κ2) is 5.58. The molecule has 1 heterocycles. The van der Waals surface area contributed by atoms with Gasteiger partial charge in [0.15, 0.2) is 0 Å². The highest BCUT2D eigenvalue weighted by atomic mass is 35.5. The van der Waals surface area contributed by atoms with Gasteiger partial charge in [0, 0.05) is 16.3 Å². The van der Waals surface area contributed by atoms with E-state index in [1.54, 1.807) is 29.2 Å². The second-order valence-electron chi connectivity index (χ2n) is 3.44. The van der Waals surface area contributed by atoms with Gasteiger partial charge in [0.25, 0.3) is 0 Å². The lowest BCUT2D eigenvalue weighted by Crippen LogP contribution is -2.10. The minimum Gasteiger partial charge on any atom is -0.384 e. The van der Waals surface area contributed by atoms with Gasteiger partial charge in [-0.05, 0) is 23.1 Å². The van der Waals surface area contributed by atoms with E-state index in [4.69, 9.17) is 22.7 Å². The van der Waals surface area contributed by atoms with Crippen molar-refractivity contribution < 1.29 is 0 Å². The van der Waals surface area contributed by atoms with Crippen LogP contribution in [0.2, 0.25) is 5.02 Å². The number of thioether (sulfide) groups is 1. The van der Waals surface area contributed by atoms with E-state index in [9.17, 15) is 0 Å². The molecule has 0 aliphatic heterocycles. The lowest BCUT2D eigenvalue weighted by molar-refractivity contribution is 1.37. The van der Waals surface area contributed by atoms with E-state index in [2.05, 4.69) is 11.4 Å². The SMILES string of the molecule is N=C(N)c1ccc(CSc2cccs2)c(Cl)c1. The Kier molecular flexibility index (Phi) is 4.10. The third-order valence-corrected chi connectivity index (χ3v) is 4.76. The first-order valence-electron chi connectivity index (χ1n) is 4.96. The van der Waals surface area contributed by atoms with Gasteiger partial charge >= 0.3 is 0 Å². The van der Waals surface area contributed by atoms with Crippen molar-refractivity contribution in [1.29, 1.82) is 5.41 Å². The largest absolute Gasteiger partial charge is 0.384 e. The zero-order valence-electron chi connectivity index (χ0n) is 8.94. The summed E-state index contributed by atoms with van der Waals surface area (Å²) in [6.45, 7) is 0. The van der Waals surface area contributed by atoms with Gasteiger partial charge in [-0.1, -0.05) is 29.8 Å². The van der Waals surface area contributed by atoms with Gasteiger partial charge in [0.2, 0.25) is 0 Å². The van der Waals surface area contributed by atoms with Crippen molar-refractivity contribution in [2.24, 2.45) is 5.73 Å². The number of benzene rings is 1. The Morgan fingerprint density at radius 3 is 2.82 bits per heavy atom. The summed E-state index contributed by atoms with van der Waals surface area (Å²) in [6.07, 6.45) is 0. The molecule has 0 saturated carbocycles. The van der Waals surface area contributed by atoms with Gasteiger partial charge in [-0.15, -0.1) is 23.1 Å². The number of hydrogen-bond donors (Lipinski definition) is 2. The summed E-state index contributed by atoms with van der Waals surface area (Å²) in [5, 5.41) is 10.1. The predicted molar refractivity (Wildman–Crippen MR) is 76.3 cm³/mol. The van der Waals surface area contributed by atoms with Gasteiger partial charge in [-0.2, -0.15) is 0 Å². The highest BCUT2D eigenvalue weighted by molar-refractivity contribution is 8.00. The molecule has 0 aliphatic rings. The average Bonchev–Trinajstić information content (AvgIpc) is 2.80. The lowest BCUT2D eigenvalue weighted by Gasteiger charge is -2.05. The van der Waals surface area contributed by atoms with Crippen molar-refractivity contribution in [2.45, 2.75) is 9.96 Å². The van der Waals surface area contributed by atoms with E-state index in [1.807, 2.05) is 18.2 Å². The van der Waals surface area contributed by atoms with Crippen LogP contribution in [0.25, 0.3) is 0 Å². The fourth-order valence-electron chi connectivity index (χ4n) is 1.33. The van der Waals surface area contributed by atoms with Crippen LogP contribution in [0.4, 0.5) is 0 Å². The summed E-state index contributed by atoms with van der Waals surface area (Å²) >= 11 is 9.63. The maximum absolute atomic E-state index is 7.33. The fraction of sp³-hybridized carbons (Fsp3) is 0.0833. The van der Waals surface area contributed by atoms with Crippen LogP contribution in [0.5, 0.6) is 0 Å². The maximum Gasteiger partial charge on any atom is 0.122 e. The molecule has 5 heteroatoms. The van der Waals surface area contributed by atoms with Crippen LogP contribution in [0.3, 0.4) is 0 Å². The summed E-state index contributed by atoms with van der Waals surface area (Å²) < 4.78 is 1.27. The van der Waals surface area contributed by atoms with Gasteiger partial charge in [-0.25, -0.2) is 0 Å². The van der Waals surface area contributed by atoms with Crippen LogP contribution >= 0.6 is 34.7 Å². The van der Waals surface area contributed by atoms with Crippen molar-refractivity contribution >= 4 is 40.5 Å². The molecule has 0 spiro atoms. The van der Waals surface area contributed by atoms with Crippen LogP contribution < -0.4 is 5.73 Å². The molecule has 2 aromatic rings. The van der Waals surface area contributed by atoms with E-state index in [1.165, 1.54) is 4.21 Å². The minimum atomic E-state index is 0.0457. The monoisotopic (exact) mass is 282 g/mol. The number of hydrogen-bond acceptors (Lipinski definition) is 3. The van der Waals surface area contributed by atoms with E-state index >= 15 is 0 Å². The van der Waals surface area contributed by atoms with Gasteiger partial charge < -0.3 is 5.73 Å². The highest BCUT2D eigenvalue weighted by Gasteiger charge is 2.05. The van der Waals surface area contributed by atoms with Gasteiger partial charge in [0.05, 0.1) is 4.21 Å². The predicted octanol–water partition coefficient (Wildman–Crippen LogP) is 3.98. The topological polar surface area (TPSA) is 49.9 Å². The molecule has 1 aromatic carbocycles. The number of amidine groups is 1. The Balaban J connectivity index is 2.09. The molecular weight excluding hydrogens is 272 g/mol. The van der Waals surface area contributed by atoms with Crippen LogP contribution in [0.15, 0.2) is 39.9 Å². The van der Waals surface area contributed by atoms with E-state index in [0.29, 0.717) is 10.6 Å². The van der Waals surface area contributed by atoms with Crippen LogP contribution in [0, 0.1) is 5.41 Å². The van der Waals surface area contributed by atoms with E-state index in [-0.39, 0.29) is 5.84 Å². The van der Waals surface area contributed by atoms with Crippen molar-refractivity contribution in [2.75, 3.05) is 0 Å². The number of halogens is 1. The molecule has 2 rings (SSSR count). The normalized spacial score (nSPS) is 10.4. The summed E-state index contributed by atoms with van der Waals surface area (Å²) in [4.78, 5) is 0. The smallest absolute Gasteiger partial charge is 0.122 e. The summed E-state index contributed by atoms with van der Waals surface area (Å²) in [6, 6.07) is 9.63. The fourth-order valence-corrected chi connectivity index (χ4v) is 3.44. The summed E-state index contributed by atoms with van der Waals surface area (Å²) in [7, 11) is 0. The number of nitrogens with two attached hydrogens (primary N) is 1. The Bertz CT molecular complexity index is 523. The Morgan fingerprint density at radius 2 is 2.24 bits per heavy atom. The van der Waals surface area contributed by atoms with Crippen molar-refractivity contribution in [3.05, 3.63) is 51.9 Å². The zero-order valence-corrected chi connectivity index (χ0v) is 11.3. The molecule has 0 saturated heterocycles. The molecule has 1 aromatic heterocycles. The van der Waals surface area contributed by atoms with Gasteiger partial charge in [-0.3, -0.25) is 5.41 Å². The lowest BCUT2D eigenvalue weighted by atomic mass is 10.1. The molecule has 0 unspecified atom stereocenters. The molecule has 0 radical (unpaired) electrons. The summed E-state index contributed by atoms with van der Waals surface area (Å²) in [5.74, 6) is 0.877. The molecule has 0 fully saturated rings. The molecule has 2 nitrogen and oxygen atoms in total. The Hall–Kier alpha value is -0.970. The number of nitrogens with one attached hydrogen (secondary N) is 1. The molecule has 0 amide bonds. The van der Waals surface area contributed by atoms with E-state index < -0.39 is 0 Å². The van der Waals surface area contributed by atoms with Crippen LogP contribution in [-0.2, 0) is 5.75 Å². The van der Waals surface area contributed by atoms with E-state index in [0.717, 1.165) is 11.3 Å². The number of thiophene rings is 1. The standard InChI is InChI=1S/C12H11ClN2S2/c13-10-6-8(12(14)15)3-4-9(10)7-17-11-2-1-5-16-11/h1-6H,7H2,(H3,14,15). The molecule has 0 bridgehead atoms. The number of nitrogen functional groups attached to an aromatic ring is 1. The van der Waals surface area contributed by atoms with Crippen LogP contribution in [0.1, 0.15) is 11.1 Å². The molecule has 0 atom stereocenters.